The van der Waals surface area contributed by atoms with E-state index in [0.717, 1.165) is 18.4 Å². The summed E-state index contributed by atoms with van der Waals surface area (Å²) in [6.45, 7) is 0. The summed E-state index contributed by atoms with van der Waals surface area (Å²) in [5.74, 6) is 0.334. The van der Waals surface area contributed by atoms with Crippen molar-refractivity contribution in [1.29, 1.82) is 0 Å². The molecule has 2 N–H and O–H groups in total. The van der Waals surface area contributed by atoms with Crippen LogP contribution in [0, 0.1) is 0 Å². The van der Waals surface area contributed by atoms with E-state index in [1.165, 1.54) is 32.4 Å². The van der Waals surface area contributed by atoms with Crippen LogP contribution in [0.15, 0.2) is 47.0 Å². The molecule has 0 atom stereocenters. The van der Waals surface area contributed by atoms with E-state index in [2.05, 4.69) is 20.0 Å². The van der Waals surface area contributed by atoms with Gasteiger partial charge < -0.3 is 14.8 Å². The van der Waals surface area contributed by atoms with E-state index in [-0.39, 0.29) is 28.4 Å². The monoisotopic (exact) mass is 404 g/mol. The summed E-state index contributed by atoms with van der Waals surface area (Å²) in [5.41, 5.74) is 1.43. The SMILES string of the molecule is COc1cc(NS(=O)(=O)c2ccc(N/C=C3\CCCC3=O)cc2)nc(OC)n1. The Morgan fingerprint density at radius 3 is 2.43 bits per heavy atom. The summed E-state index contributed by atoms with van der Waals surface area (Å²) < 4.78 is 37.5. The lowest BCUT2D eigenvalue weighted by atomic mass is 10.2. The normalized spacial score (nSPS) is 15.5. The van der Waals surface area contributed by atoms with E-state index >= 15 is 0 Å². The zero-order valence-electron chi connectivity index (χ0n) is 15.4. The zero-order valence-corrected chi connectivity index (χ0v) is 16.2. The highest BCUT2D eigenvalue weighted by Gasteiger charge is 2.18. The van der Waals surface area contributed by atoms with E-state index in [4.69, 9.17) is 9.47 Å². The lowest BCUT2D eigenvalue weighted by Crippen LogP contribution is -2.14. The molecule has 1 heterocycles. The molecular weight excluding hydrogens is 384 g/mol. The highest BCUT2D eigenvalue weighted by Crippen LogP contribution is 2.23. The van der Waals surface area contributed by atoms with Gasteiger partial charge >= 0.3 is 6.01 Å². The van der Waals surface area contributed by atoms with Crippen molar-refractivity contribution < 1.29 is 22.7 Å². The number of ether oxygens (including phenoxy) is 2. The Labute approximate surface area is 162 Å². The number of aromatic nitrogens is 2. The first-order chi connectivity index (χ1) is 13.4. The van der Waals surface area contributed by atoms with Crippen molar-refractivity contribution in [3.05, 3.63) is 42.1 Å². The third-order valence-corrected chi connectivity index (χ3v) is 5.47. The number of benzene rings is 1. The maximum atomic E-state index is 12.6. The third-order valence-electron chi connectivity index (χ3n) is 4.10. The number of Topliss-reactive ketones (excluding diaryl/α,β-unsaturated/α-hetero) is 1. The Bertz CT molecular complexity index is 981. The standard InChI is InChI=1S/C18H20N4O5S/c1-26-17-10-16(20-18(21-17)27-2)22-28(24,25)14-8-6-13(7-9-14)19-11-12-4-3-5-15(12)23/h6-11,19H,3-5H2,1-2H3,(H,20,21,22)/b12-11+. The predicted molar refractivity (Wildman–Crippen MR) is 103 cm³/mol. The molecular formula is C18H20N4O5S. The number of nitrogens with one attached hydrogen (secondary N) is 2. The number of carbonyl (C=O) groups is 1. The first-order valence-electron chi connectivity index (χ1n) is 8.50. The molecule has 0 amide bonds. The van der Waals surface area contributed by atoms with Crippen LogP contribution in [0.4, 0.5) is 11.5 Å². The van der Waals surface area contributed by atoms with Gasteiger partial charge in [0, 0.05) is 29.9 Å². The second kappa shape index (κ2) is 8.26. The van der Waals surface area contributed by atoms with Crippen LogP contribution in [0.25, 0.3) is 0 Å². The first-order valence-corrected chi connectivity index (χ1v) is 9.98. The van der Waals surface area contributed by atoms with Crippen LogP contribution in [0.2, 0.25) is 0 Å². The molecule has 1 aromatic heterocycles. The highest BCUT2D eigenvalue weighted by molar-refractivity contribution is 7.92. The van der Waals surface area contributed by atoms with Gasteiger partial charge in [0.15, 0.2) is 11.6 Å². The molecule has 1 aliphatic rings. The molecule has 9 nitrogen and oxygen atoms in total. The van der Waals surface area contributed by atoms with Gasteiger partial charge in [0.2, 0.25) is 5.88 Å². The van der Waals surface area contributed by atoms with Crippen molar-refractivity contribution in [2.45, 2.75) is 24.2 Å². The fourth-order valence-electron chi connectivity index (χ4n) is 2.64. The topological polar surface area (TPSA) is 120 Å². The summed E-state index contributed by atoms with van der Waals surface area (Å²) in [7, 11) is -1.10. The average molecular weight is 404 g/mol. The number of anilines is 2. The molecule has 1 fully saturated rings. The van der Waals surface area contributed by atoms with Crippen LogP contribution in [-0.2, 0) is 14.8 Å². The van der Waals surface area contributed by atoms with Crippen molar-refractivity contribution in [2.75, 3.05) is 24.3 Å². The van der Waals surface area contributed by atoms with E-state index in [1.54, 1.807) is 18.3 Å². The Morgan fingerprint density at radius 2 is 1.82 bits per heavy atom. The van der Waals surface area contributed by atoms with Gasteiger partial charge in [-0.3, -0.25) is 9.52 Å². The number of hydrogen-bond donors (Lipinski definition) is 2. The molecule has 3 rings (SSSR count). The Balaban J connectivity index is 1.74. The molecule has 0 unspecified atom stereocenters. The number of nitrogens with zero attached hydrogens (tertiary/aromatic N) is 2. The number of rotatable bonds is 7. The van der Waals surface area contributed by atoms with Crippen molar-refractivity contribution in [2.24, 2.45) is 0 Å². The third kappa shape index (κ3) is 4.58. The number of ketones is 1. The number of hydrogen-bond acceptors (Lipinski definition) is 8. The van der Waals surface area contributed by atoms with Crippen molar-refractivity contribution in [3.8, 4) is 11.9 Å². The number of methoxy groups -OCH3 is 2. The second-order valence-corrected chi connectivity index (χ2v) is 7.69. The molecule has 1 saturated carbocycles. The van der Waals surface area contributed by atoms with Gasteiger partial charge in [0.1, 0.15) is 0 Å². The summed E-state index contributed by atoms with van der Waals surface area (Å²) in [6.07, 6.45) is 3.88. The molecule has 1 aromatic carbocycles. The summed E-state index contributed by atoms with van der Waals surface area (Å²) in [4.78, 5) is 19.5. The Kier molecular flexibility index (Phi) is 5.78. The molecule has 148 valence electrons. The molecule has 1 aliphatic carbocycles. The van der Waals surface area contributed by atoms with Gasteiger partial charge in [-0.15, -0.1) is 0 Å². The quantitative estimate of drug-likeness (QED) is 0.675. The van der Waals surface area contributed by atoms with Crippen LogP contribution in [0.1, 0.15) is 19.3 Å². The van der Waals surface area contributed by atoms with Crippen LogP contribution < -0.4 is 19.5 Å². The molecule has 28 heavy (non-hydrogen) atoms. The molecule has 10 heteroatoms. The van der Waals surface area contributed by atoms with E-state index < -0.39 is 10.0 Å². The van der Waals surface area contributed by atoms with Gasteiger partial charge in [-0.2, -0.15) is 9.97 Å². The first kappa shape index (κ1) is 19.6. The Hall–Kier alpha value is -3.14. The number of sulfonamides is 1. The number of carbonyl (C=O) groups excluding carboxylic acids is 1. The van der Waals surface area contributed by atoms with Crippen molar-refractivity contribution >= 4 is 27.3 Å². The maximum Gasteiger partial charge on any atom is 0.321 e. The summed E-state index contributed by atoms with van der Waals surface area (Å²) >= 11 is 0. The predicted octanol–water partition coefficient (Wildman–Crippen LogP) is 2.34. The van der Waals surface area contributed by atoms with Gasteiger partial charge in [-0.05, 0) is 37.1 Å². The lowest BCUT2D eigenvalue weighted by Gasteiger charge is -2.10. The number of allylic oxidation sites excluding steroid dienone is 1. The molecule has 0 saturated heterocycles. The van der Waals surface area contributed by atoms with Gasteiger partial charge in [-0.25, -0.2) is 8.42 Å². The molecule has 0 spiro atoms. The van der Waals surface area contributed by atoms with E-state index in [1.807, 2.05) is 0 Å². The molecule has 0 aliphatic heterocycles. The molecule has 0 bridgehead atoms. The molecule has 0 radical (unpaired) electrons. The minimum atomic E-state index is -3.87. The zero-order chi connectivity index (χ0) is 20.1. The van der Waals surface area contributed by atoms with Crippen LogP contribution in [0.5, 0.6) is 11.9 Å². The fourth-order valence-corrected chi connectivity index (χ4v) is 3.63. The van der Waals surface area contributed by atoms with Gasteiger partial charge in [0.25, 0.3) is 10.0 Å². The van der Waals surface area contributed by atoms with Crippen LogP contribution in [0.3, 0.4) is 0 Å². The minimum Gasteiger partial charge on any atom is -0.481 e. The second-order valence-electron chi connectivity index (χ2n) is 6.00. The Morgan fingerprint density at radius 1 is 1.07 bits per heavy atom. The van der Waals surface area contributed by atoms with Gasteiger partial charge in [-0.1, -0.05) is 0 Å². The molecule has 2 aromatic rings. The van der Waals surface area contributed by atoms with Crippen LogP contribution in [-0.4, -0.2) is 38.4 Å². The summed E-state index contributed by atoms with van der Waals surface area (Å²) in [6, 6.07) is 7.47. The smallest absolute Gasteiger partial charge is 0.321 e. The van der Waals surface area contributed by atoms with Crippen molar-refractivity contribution in [3.63, 3.8) is 0 Å². The van der Waals surface area contributed by atoms with E-state index in [9.17, 15) is 13.2 Å². The van der Waals surface area contributed by atoms with Gasteiger partial charge in [0.05, 0.1) is 19.1 Å². The lowest BCUT2D eigenvalue weighted by molar-refractivity contribution is -0.114. The highest BCUT2D eigenvalue weighted by atomic mass is 32.2. The maximum absolute atomic E-state index is 12.6. The summed E-state index contributed by atoms with van der Waals surface area (Å²) in [5, 5.41) is 3.02. The fraction of sp³-hybridized carbons (Fsp3) is 0.278. The van der Waals surface area contributed by atoms with Crippen LogP contribution >= 0.6 is 0 Å². The van der Waals surface area contributed by atoms with E-state index in [0.29, 0.717) is 12.1 Å². The van der Waals surface area contributed by atoms with Crippen molar-refractivity contribution in [1.82, 2.24) is 9.97 Å². The minimum absolute atomic E-state index is 0.0221. The largest absolute Gasteiger partial charge is 0.481 e. The average Bonchev–Trinajstić information content (AvgIpc) is 3.10.